The van der Waals surface area contributed by atoms with Crippen LogP contribution in [0.15, 0.2) is 63.7 Å². The van der Waals surface area contributed by atoms with Gasteiger partial charge in [-0.25, -0.2) is 16.8 Å². The van der Waals surface area contributed by atoms with Crippen LogP contribution in [-0.4, -0.2) is 47.4 Å². The van der Waals surface area contributed by atoms with Crippen molar-refractivity contribution in [1.29, 1.82) is 0 Å². The second-order valence-corrected chi connectivity index (χ2v) is 10.8. The van der Waals surface area contributed by atoms with E-state index >= 15 is 0 Å². The molecule has 1 aliphatic heterocycles. The van der Waals surface area contributed by atoms with E-state index in [0.29, 0.717) is 18.9 Å². The number of hydrogen-bond donors (Lipinski definition) is 1. The van der Waals surface area contributed by atoms with E-state index in [0.717, 1.165) is 10.1 Å². The van der Waals surface area contributed by atoms with Crippen LogP contribution in [0.5, 0.6) is 0 Å². The first kappa shape index (κ1) is 19.3. The average Bonchev–Trinajstić information content (AvgIpc) is 3.16. The van der Waals surface area contributed by atoms with Crippen molar-refractivity contribution >= 4 is 47.2 Å². The molecule has 0 bridgehead atoms. The fraction of sp³-hybridized carbons (Fsp3) is 0.222. The number of thiophene rings is 1. The monoisotopic (exact) mass is 438 g/mol. The zero-order valence-electron chi connectivity index (χ0n) is 14.7. The molecule has 0 aliphatic carbocycles. The number of fused-ring (bicyclic) bond motifs is 1. The molecule has 0 unspecified atom stereocenters. The molecule has 0 radical (unpaired) electrons. The Morgan fingerprint density at radius 2 is 1.57 bits per heavy atom. The number of anilines is 1. The largest absolute Gasteiger partial charge is 0.379 e. The van der Waals surface area contributed by atoms with Crippen LogP contribution in [0.3, 0.4) is 0 Å². The predicted molar refractivity (Wildman–Crippen MR) is 109 cm³/mol. The Labute approximate surface area is 167 Å². The average molecular weight is 439 g/mol. The van der Waals surface area contributed by atoms with Crippen molar-refractivity contribution in [1.82, 2.24) is 4.31 Å². The lowest BCUT2D eigenvalue weighted by Crippen LogP contribution is -2.40. The van der Waals surface area contributed by atoms with Crippen molar-refractivity contribution in [2.24, 2.45) is 0 Å². The van der Waals surface area contributed by atoms with Gasteiger partial charge in [0, 0.05) is 23.5 Å². The number of sulfonamides is 2. The Hall–Kier alpha value is -1.98. The van der Waals surface area contributed by atoms with Gasteiger partial charge in [-0.3, -0.25) is 4.72 Å². The van der Waals surface area contributed by atoms with Gasteiger partial charge in [0.2, 0.25) is 10.0 Å². The summed E-state index contributed by atoms with van der Waals surface area (Å²) in [7, 11) is -7.49. The van der Waals surface area contributed by atoms with Gasteiger partial charge in [-0.2, -0.15) is 4.31 Å². The number of morpholine rings is 1. The number of ether oxygens (including phenoxy) is 1. The third kappa shape index (κ3) is 3.78. The third-order valence-corrected chi connectivity index (χ3v) is 8.65. The summed E-state index contributed by atoms with van der Waals surface area (Å²) in [4.78, 5) is 0.0619. The number of benzene rings is 2. The van der Waals surface area contributed by atoms with Gasteiger partial charge in [-0.15, -0.1) is 11.3 Å². The van der Waals surface area contributed by atoms with E-state index in [2.05, 4.69) is 4.72 Å². The maximum absolute atomic E-state index is 12.7. The standard InChI is InChI=1S/C18H18N2O5S3/c21-27(22,19-15-1-6-18-14(13-15)7-12-26-18)16-2-4-17(5-3-16)28(23,24)20-8-10-25-11-9-20/h1-7,12-13,19H,8-11H2. The van der Waals surface area contributed by atoms with Crippen LogP contribution in [0.2, 0.25) is 0 Å². The molecular weight excluding hydrogens is 420 g/mol. The molecule has 148 valence electrons. The van der Waals surface area contributed by atoms with Crippen LogP contribution in [0.25, 0.3) is 10.1 Å². The minimum atomic E-state index is -3.83. The zero-order valence-corrected chi connectivity index (χ0v) is 17.2. The van der Waals surface area contributed by atoms with Gasteiger partial charge < -0.3 is 4.74 Å². The predicted octanol–water partition coefficient (Wildman–Crippen LogP) is 2.72. The number of rotatable bonds is 5. The SMILES string of the molecule is O=S(=O)(Nc1ccc2sccc2c1)c1ccc(S(=O)(=O)N2CCOCC2)cc1. The lowest BCUT2D eigenvalue weighted by atomic mass is 10.2. The van der Waals surface area contributed by atoms with E-state index in [1.807, 2.05) is 17.5 Å². The van der Waals surface area contributed by atoms with Crippen molar-refractivity contribution in [2.75, 3.05) is 31.0 Å². The van der Waals surface area contributed by atoms with Crippen molar-refractivity contribution in [2.45, 2.75) is 9.79 Å². The van der Waals surface area contributed by atoms with E-state index in [1.165, 1.54) is 28.6 Å². The van der Waals surface area contributed by atoms with Crippen LogP contribution >= 0.6 is 11.3 Å². The normalized spacial score (nSPS) is 16.3. The third-order valence-electron chi connectivity index (χ3n) is 4.45. The number of nitrogens with zero attached hydrogens (tertiary/aromatic N) is 1. The Bertz CT molecular complexity index is 1200. The van der Waals surface area contributed by atoms with Crippen LogP contribution in [0.1, 0.15) is 0 Å². The Balaban J connectivity index is 1.56. The molecule has 1 aliphatic rings. The topological polar surface area (TPSA) is 92.8 Å². The number of nitrogens with one attached hydrogen (secondary N) is 1. The highest BCUT2D eigenvalue weighted by atomic mass is 32.2. The smallest absolute Gasteiger partial charge is 0.261 e. The molecule has 28 heavy (non-hydrogen) atoms. The Kier molecular flexibility index (Phi) is 5.15. The maximum Gasteiger partial charge on any atom is 0.261 e. The van der Waals surface area contributed by atoms with Crippen molar-refractivity contribution in [3.8, 4) is 0 Å². The molecule has 2 heterocycles. The minimum Gasteiger partial charge on any atom is -0.379 e. The molecule has 0 atom stereocenters. The van der Waals surface area contributed by atoms with Crippen LogP contribution in [-0.2, 0) is 24.8 Å². The molecule has 1 saturated heterocycles. The summed E-state index contributed by atoms with van der Waals surface area (Å²) in [6, 6.07) is 12.5. The summed E-state index contributed by atoms with van der Waals surface area (Å²) in [5, 5.41) is 2.90. The molecule has 1 N–H and O–H groups in total. The minimum absolute atomic E-state index is 0.00107. The van der Waals surface area contributed by atoms with Gasteiger partial charge in [0.15, 0.2) is 0 Å². The highest BCUT2D eigenvalue weighted by molar-refractivity contribution is 7.92. The lowest BCUT2D eigenvalue weighted by Gasteiger charge is -2.26. The summed E-state index contributed by atoms with van der Waals surface area (Å²) in [6.45, 7) is 1.28. The molecule has 1 aromatic heterocycles. The van der Waals surface area contributed by atoms with E-state index in [4.69, 9.17) is 4.74 Å². The summed E-state index contributed by atoms with van der Waals surface area (Å²) in [5.41, 5.74) is 0.455. The van der Waals surface area contributed by atoms with Crippen molar-refractivity contribution < 1.29 is 21.6 Å². The molecule has 4 rings (SSSR count). The van der Waals surface area contributed by atoms with E-state index in [1.54, 1.807) is 23.5 Å². The molecule has 7 nitrogen and oxygen atoms in total. The summed E-state index contributed by atoms with van der Waals surface area (Å²) in [5.74, 6) is 0. The molecule has 1 fully saturated rings. The number of hydrogen-bond acceptors (Lipinski definition) is 6. The van der Waals surface area contributed by atoms with E-state index in [9.17, 15) is 16.8 Å². The molecule has 3 aromatic rings. The molecule has 0 spiro atoms. The maximum atomic E-state index is 12.7. The highest BCUT2D eigenvalue weighted by Gasteiger charge is 2.26. The molecule has 10 heteroatoms. The Morgan fingerprint density at radius 3 is 2.29 bits per heavy atom. The Morgan fingerprint density at radius 1 is 0.893 bits per heavy atom. The van der Waals surface area contributed by atoms with E-state index in [-0.39, 0.29) is 22.9 Å². The summed E-state index contributed by atoms with van der Waals surface area (Å²) >= 11 is 1.58. The van der Waals surface area contributed by atoms with Crippen molar-refractivity contribution in [3.05, 3.63) is 53.9 Å². The highest BCUT2D eigenvalue weighted by Crippen LogP contribution is 2.26. The quantitative estimate of drug-likeness (QED) is 0.661. The second-order valence-electron chi connectivity index (χ2n) is 6.27. The van der Waals surface area contributed by atoms with Gasteiger partial charge in [0.25, 0.3) is 10.0 Å². The van der Waals surface area contributed by atoms with Gasteiger partial charge in [0.1, 0.15) is 0 Å². The molecule has 0 amide bonds. The van der Waals surface area contributed by atoms with Gasteiger partial charge >= 0.3 is 0 Å². The van der Waals surface area contributed by atoms with Gasteiger partial charge in [-0.05, 0) is 59.3 Å². The molecular formula is C18H18N2O5S3. The first-order chi connectivity index (χ1) is 13.4. The fourth-order valence-corrected chi connectivity index (χ4v) is 6.20. The zero-order chi connectivity index (χ0) is 19.8. The van der Waals surface area contributed by atoms with E-state index < -0.39 is 20.0 Å². The lowest BCUT2D eigenvalue weighted by molar-refractivity contribution is 0.0730. The fourth-order valence-electron chi connectivity index (χ4n) is 2.97. The van der Waals surface area contributed by atoms with Crippen molar-refractivity contribution in [3.63, 3.8) is 0 Å². The molecule has 2 aromatic carbocycles. The molecule has 0 saturated carbocycles. The van der Waals surface area contributed by atoms with Crippen LogP contribution in [0.4, 0.5) is 5.69 Å². The first-order valence-corrected chi connectivity index (χ1v) is 12.3. The first-order valence-electron chi connectivity index (χ1n) is 8.54. The van der Waals surface area contributed by atoms with Gasteiger partial charge in [0.05, 0.1) is 23.0 Å². The summed E-state index contributed by atoms with van der Waals surface area (Å²) < 4.78 is 60.7. The van der Waals surface area contributed by atoms with Gasteiger partial charge in [-0.1, -0.05) is 0 Å². The van der Waals surface area contributed by atoms with Crippen LogP contribution < -0.4 is 4.72 Å². The second kappa shape index (κ2) is 7.45. The summed E-state index contributed by atoms with van der Waals surface area (Å²) in [6.07, 6.45) is 0. The van der Waals surface area contributed by atoms with Crippen LogP contribution in [0, 0.1) is 0 Å².